The maximum Gasteiger partial charge on any atom is 0.410 e. The van der Waals surface area contributed by atoms with Crippen molar-refractivity contribution in [3.05, 3.63) is 0 Å². The van der Waals surface area contributed by atoms with Gasteiger partial charge in [-0.15, -0.1) is 0 Å². The van der Waals surface area contributed by atoms with Crippen LogP contribution in [-0.4, -0.2) is 66.9 Å². The van der Waals surface area contributed by atoms with Crippen molar-refractivity contribution >= 4 is 6.09 Å². The molecule has 0 aromatic carbocycles. The fourth-order valence-corrected chi connectivity index (χ4v) is 2.67. The minimum Gasteiger partial charge on any atom is -0.444 e. The Morgan fingerprint density at radius 1 is 1.26 bits per heavy atom. The highest BCUT2D eigenvalue weighted by Gasteiger charge is 2.33. The summed E-state index contributed by atoms with van der Waals surface area (Å²) in [6.45, 7) is 11.1. The van der Waals surface area contributed by atoms with E-state index in [9.17, 15) is 4.79 Å². The van der Waals surface area contributed by atoms with Crippen LogP contribution in [0, 0.1) is 0 Å². The van der Waals surface area contributed by atoms with Gasteiger partial charge in [0.1, 0.15) is 5.60 Å². The number of morpholine rings is 1. The molecule has 5 heteroatoms. The molecule has 1 atom stereocenters. The lowest BCUT2D eigenvalue weighted by Gasteiger charge is -2.33. The van der Waals surface area contributed by atoms with Crippen LogP contribution < -0.4 is 0 Å². The van der Waals surface area contributed by atoms with E-state index in [-0.39, 0.29) is 6.09 Å². The maximum absolute atomic E-state index is 12.2. The van der Waals surface area contributed by atoms with Gasteiger partial charge >= 0.3 is 6.09 Å². The second kappa shape index (κ2) is 6.09. The third-order valence-corrected chi connectivity index (χ3v) is 3.58. The third kappa shape index (κ3) is 4.35. The Hall–Kier alpha value is -0.810. The van der Waals surface area contributed by atoms with Crippen molar-refractivity contribution < 1.29 is 14.3 Å². The summed E-state index contributed by atoms with van der Waals surface area (Å²) < 4.78 is 10.8. The van der Waals surface area contributed by atoms with Crippen molar-refractivity contribution in [3.8, 4) is 0 Å². The molecule has 110 valence electrons. The molecule has 0 aromatic heterocycles. The van der Waals surface area contributed by atoms with E-state index < -0.39 is 5.60 Å². The number of carbonyl (C=O) groups is 1. The van der Waals surface area contributed by atoms with Gasteiger partial charge in [-0.25, -0.2) is 4.79 Å². The Bertz CT molecular complexity index is 308. The molecule has 1 amide bonds. The molecule has 2 rings (SSSR count). The molecule has 2 aliphatic rings. The van der Waals surface area contributed by atoms with Crippen LogP contribution in [0.3, 0.4) is 0 Å². The first-order valence-electron chi connectivity index (χ1n) is 7.25. The molecular formula is C14H26N2O3. The zero-order valence-corrected chi connectivity index (χ0v) is 12.4. The highest BCUT2D eigenvalue weighted by Crippen LogP contribution is 2.21. The summed E-state index contributed by atoms with van der Waals surface area (Å²) in [6.07, 6.45) is 1.99. The largest absolute Gasteiger partial charge is 0.444 e. The summed E-state index contributed by atoms with van der Waals surface area (Å²) >= 11 is 0. The average molecular weight is 270 g/mol. The number of hydrogen-bond acceptors (Lipinski definition) is 4. The van der Waals surface area contributed by atoms with Crippen molar-refractivity contribution in [1.82, 2.24) is 9.80 Å². The molecule has 19 heavy (non-hydrogen) atoms. The number of hydrogen-bond donors (Lipinski definition) is 0. The molecule has 0 radical (unpaired) electrons. The Morgan fingerprint density at radius 3 is 2.58 bits per heavy atom. The van der Waals surface area contributed by atoms with Gasteiger partial charge in [-0.05, 0) is 33.6 Å². The predicted octanol–water partition coefficient (Wildman–Crippen LogP) is 1.72. The number of likely N-dealkylation sites (tertiary alicyclic amines) is 1. The van der Waals surface area contributed by atoms with Crippen molar-refractivity contribution in [2.45, 2.75) is 45.3 Å². The van der Waals surface area contributed by atoms with Crippen LogP contribution in [0.15, 0.2) is 0 Å². The molecular weight excluding hydrogens is 244 g/mol. The minimum absolute atomic E-state index is 0.164. The number of carbonyl (C=O) groups excluding carboxylic acids is 1. The zero-order chi connectivity index (χ0) is 13.9. The molecule has 1 unspecified atom stereocenters. The fraction of sp³-hybridized carbons (Fsp3) is 0.929. The van der Waals surface area contributed by atoms with Gasteiger partial charge < -0.3 is 14.4 Å². The lowest BCUT2D eigenvalue weighted by molar-refractivity contribution is 0.00797. The highest BCUT2D eigenvalue weighted by atomic mass is 16.6. The lowest BCUT2D eigenvalue weighted by atomic mass is 10.2. The van der Waals surface area contributed by atoms with E-state index in [0.717, 1.165) is 52.2 Å². The molecule has 2 fully saturated rings. The summed E-state index contributed by atoms with van der Waals surface area (Å²) in [5.41, 5.74) is -0.414. The van der Waals surface area contributed by atoms with Gasteiger partial charge in [0.15, 0.2) is 0 Å². The number of rotatable bonds is 2. The zero-order valence-electron chi connectivity index (χ0n) is 12.4. The van der Waals surface area contributed by atoms with Crippen LogP contribution in [-0.2, 0) is 9.47 Å². The van der Waals surface area contributed by atoms with Gasteiger partial charge in [0, 0.05) is 32.2 Å². The molecule has 0 N–H and O–H groups in total. The quantitative estimate of drug-likeness (QED) is 0.766. The fourth-order valence-electron chi connectivity index (χ4n) is 2.67. The second-order valence-corrected chi connectivity index (χ2v) is 6.38. The Labute approximate surface area is 115 Å². The van der Waals surface area contributed by atoms with Gasteiger partial charge in [0.05, 0.1) is 13.2 Å². The molecule has 0 bridgehead atoms. The summed E-state index contributed by atoms with van der Waals surface area (Å²) in [7, 11) is 0. The van der Waals surface area contributed by atoms with Crippen molar-refractivity contribution in [3.63, 3.8) is 0 Å². The summed E-state index contributed by atoms with van der Waals surface area (Å²) in [4.78, 5) is 16.5. The number of nitrogens with zero attached hydrogens (tertiary/aromatic N) is 2. The van der Waals surface area contributed by atoms with Crippen molar-refractivity contribution in [2.24, 2.45) is 0 Å². The molecule has 5 nitrogen and oxygen atoms in total. The molecule has 0 saturated carbocycles. The molecule has 0 aliphatic carbocycles. The van der Waals surface area contributed by atoms with Crippen molar-refractivity contribution in [2.75, 3.05) is 39.4 Å². The van der Waals surface area contributed by atoms with Crippen molar-refractivity contribution in [1.29, 1.82) is 0 Å². The van der Waals surface area contributed by atoms with E-state index in [4.69, 9.17) is 9.47 Å². The van der Waals surface area contributed by atoms with E-state index in [0.29, 0.717) is 6.04 Å². The molecule has 0 aromatic rings. The van der Waals surface area contributed by atoms with E-state index in [2.05, 4.69) is 4.90 Å². The highest BCUT2D eigenvalue weighted by molar-refractivity contribution is 5.69. The van der Waals surface area contributed by atoms with Gasteiger partial charge in [-0.3, -0.25) is 4.90 Å². The standard InChI is InChI=1S/C14H26N2O3/c1-14(2,3)19-13(17)16-6-4-5-12(16)11-15-7-9-18-10-8-15/h12H,4-11H2,1-3H3. The topological polar surface area (TPSA) is 42.0 Å². The van der Waals surface area contributed by atoms with Gasteiger partial charge in [0.2, 0.25) is 0 Å². The van der Waals surface area contributed by atoms with Crippen LogP contribution in [0.25, 0.3) is 0 Å². The first-order valence-corrected chi connectivity index (χ1v) is 7.25. The van der Waals surface area contributed by atoms with Gasteiger partial charge in [-0.2, -0.15) is 0 Å². The molecule has 2 aliphatic heterocycles. The van der Waals surface area contributed by atoms with Crippen LogP contribution in [0.5, 0.6) is 0 Å². The number of ether oxygens (including phenoxy) is 2. The summed E-state index contributed by atoms with van der Waals surface area (Å²) in [5, 5.41) is 0. The molecule has 2 saturated heterocycles. The molecule has 0 spiro atoms. The molecule has 2 heterocycles. The minimum atomic E-state index is -0.414. The van der Waals surface area contributed by atoms with Crippen LogP contribution in [0.4, 0.5) is 4.79 Å². The van der Waals surface area contributed by atoms with Gasteiger partial charge in [-0.1, -0.05) is 0 Å². The average Bonchev–Trinajstić information content (AvgIpc) is 2.76. The second-order valence-electron chi connectivity index (χ2n) is 6.38. The first-order chi connectivity index (χ1) is 8.96. The Morgan fingerprint density at radius 2 is 1.95 bits per heavy atom. The Balaban J connectivity index is 1.87. The van der Waals surface area contributed by atoms with E-state index in [1.165, 1.54) is 0 Å². The maximum atomic E-state index is 12.2. The van der Waals surface area contributed by atoms with E-state index in [1.807, 2.05) is 25.7 Å². The van der Waals surface area contributed by atoms with Crippen LogP contribution >= 0.6 is 0 Å². The third-order valence-electron chi connectivity index (χ3n) is 3.58. The predicted molar refractivity (Wildman–Crippen MR) is 73.2 cm³/mol. The van der Waals surface area contributed by atoms with E-state index >= 15 is 0 Å². The smallest absolute Gasteiger partial charge is 0.410 e. The van der Waals surface area contributed by atoms with Crippen LogP contribution in [0.1, 0.15) is 33.6 Å². The first kappa shape index (κ1) is 14.6. The summed E-state index contributed by atoms with van der Waals surface area (Å²) in [5.74, 6) is 0. The normalized spacial score (nSPS) is 25.6. The monoisotopic (exact) mass is 270 g/mol. The Kier molecular flexibility index (Phi) is 4.68. The number of amides is 1. The lowest BCUT2D eigenvalue weighted by Crippen LogP contribution is -2.47. The van der Waals surface area contributed by atoms with Gasteiger partial charge in [0.25, 0.3) is 0 Å². The summed E-state index contributed by atoms with van der Waals surface area (Å²) in [6, 6.07) is 0.299. The van der Waals surface area contributed by atoms with E-state index in [1.54, 1.807) is 0 Å². The SMILES string of the molecule is CC(C)(C)OC(=O)N1CCCC1CN1CCOCC1. The van der Waals surface area contributed by atoms with Crippen LogP contribution in [0.2, 0.25) is 0 Å².